The number of rotatable bonds is 0. The van der Waals surface area contributed by atoms with Gasteiger partial charge in [0, 0.05) is 17.4 Å². The van der Waals surface area contributed by atoms with Gasteiger partial charge in [0.2, 0.25) is 0 Å². The van der Waals surface area contributed by atoms with E-state index in [1.165, 1.54) is 0 Å². The Morgan fingerprint density at radius 1 is 0.938 bits per heavy atom. The van der Waals surface area contributed by atoms with E-state index in [-0.39, 0.29) is 5.78 Å². The van der Waals surface area contributed by atoms with E-state index < -0.39 is 0 Å². The molecule has 0 radical (unpaired) electrons. The van der Waals surface area contributed by atoms with Crippen molar-refractivity contribution in [3.63, 3.8) is 0 Å². The molecule has 2 aliphatic rings. The first-order chi connectivity index (χ1) is 7.86. The lowest BCUT2D eigenvalue weighted by atomic mass is 9.82. The molecule has 78 valence electrons. The van der Waals surface area contributed by atoms with Crippen LogP contribution in [0.15, 0.2) is 60.7 Å². The van der Waals surface area contributed by atoms with Gasteiger partial charge in [-0.2, -0.15) is 0 Å². The lowest BCUT2D eigenvalue weighted by Crippen LogP contribution is -2.09. The van der Waals surface area contributed by atoms with Gasteiger partial charge in [0.25, 0.3) is 0 Å². The van der Waals surface area contributed by atoms with E-state index >= 15 is 0 Å². The number of fused-ring (bicyclic) bond motifs is 3. The average molecular weight is 208 g/mol. The average Bonchev–Trinajstić information content (AvgIpc) is 2.49. The Morgan fingerprint density at radius 3 is 2.69 bits per heavy atom. The van der Waals surface area contributed by atoms with Gasteiger partial charge < -0.3 is 0 Å². The molecular formula is C15H12O. The second-order valence-corrected chi connectivity index (χ2v) is 4.18. The summed E-state index contributed by atoms with van der Waals surface area (Å²) in [6.45, 7) is 0. The van der Waals surface area contributed by atoms with Gasteiger partial charge in [-0.3, -0.25) is 4.79 Å². The largest absolute Gasteiger partial charge is 0.289 e. The van der Waals surface area contributed by atoms with Crippen LogP contribution in [0.3, 0.4) is 0 Å². The summed E-state index contributed by atoms with van der Waals surface area (Å²) in [5.74, 6) is 0.744. The first kappa shape index (κ1) is 9.34. The van der Waals surface area contributed by atoms with Crippen molar-refractivity contribution in [2.75, 3.05) is 0 Å². The molecule has 3 rings (SSSR count). The van der Waals surface area contributed by atoms with Gasteiger partial charge >= 0.3 is 0 Å². The van der Waals surface area contributed by atoms with Crippen LogP contribution in [0.4, 0.5) is 0 Å². The third-order valence-corrected chi connectivity index (χ3v) is 3.23. The second-order valence-electron chi connectivity index (χ2n) is 4.18. The van der Waals surface area contributed by atoms with Gasteiger partial charge in [0.05, 0.1) is 0 Å². The van der Waals surface area contributed by atoms with Gasteiger partial charge in [-0.05, 0) is 11.6 Å². The molecule has 1 heteroatoms. The first-order valence-corrected chi connectivity index (χ1v) is 5.53. The smallest absolute Gasteiger partial charge is 0.185 e. The molecule has 2 unspecified atom stereocenters. The third kappa shape index (κ3) is 1.36. The minimum Gasteiger partial charge on any atom is -0.289 e. The van der Waals surface area contributed by atoms with Crippen molar-refractivity contribution in [1.82, 2.24) is 0 Å². The van der Waals surface area contributed by atoms with Crippen LogP contribution in [-0.2, 0) is 0 Å². The summed E-state index contributed by atoms with van der Waals surface area (Å²) >= 11 is 0. The van der Waals surface area contributed by atoms with Crippen LogP contribution in [-0.4, -0.2) is 5.78 Å². The monoisotopic (exact) mass is 208 g/mol. The van der Waals surface area contributed by atoms with E-state index in [2.05, 4.69) is 24.3 Å². The Morgan fingerprint density at radius 2 is 1.75 bits per heavy atom. The molecule has 0 aromatic heterocycles. The summed E-state index contributed by atoms with van der Waals surface area (Å²) in [5, 5.41) is 0. The molecule has 0 saturated heterocycles. The molecule has 0 saturated carbocycles. The SMILES string of the molecule is O=C1C=CC2C=CC=CC2c2ccccc21. The summed E-state index contributed by atoms with van der Waals surface area (Å²) in [5.41, 5.74) is 1.98. The maximum absolute atomic E-state index is 11.9. The van der Waals surface area contributed by atoms with Crippen molar-refractivity contribution in [2.45, 2.75) is 5.92 Å². The van der Waals surface area contributed by atoms with E-state index in [0.717, 1.165) is 11.1 Å². The summed E-state index contributed by atoms with van der Waals surface area (Å²) < 4.78 is 0. The molecule has 0 amide bonds. The molecule has 1 nitrogen and oxygen atoms in total. The molecule has 0 N–H and O–H groups in total. The Hall–Kier alpha value is -1.89. The fourth-order valence-corrected chi connectivity index (χ4v) is 2.42. The number of allylic oxidation sites excluding steroid dienone is 6. The molecule has 1 aromatic carbocycles. The van der Waals surface area contributed by atoms with Crippen molar-refractivity contribution < 1.29 is 4.79 Å². The van der Waals surface area contributed by atoms with Gasteiger partial charge in [0.1, 0.15) is 0 Å². The van der Waals surface area contributed by atoms with E-state index in [9.17, 15) is 4.79 Å². The Labute approximate surface area is 94.8 Å². The zero-order valence-electron chi connectivity index (χ0n) is 8.84. The Bertz CT molecular complexity index is 520. The summed E-state index contributed by atoms with van der Waals surface area (Å²) in [6, 6.07) is 7.89. The summed E-state index contributed by atoms with van der Waals surface area (Å²) in [6.07, 6.45) is 12.1. The normalized spacial score (nSPS) is 26.1. The molecule has 0 fully saturated rings. The van der Waals surface area contributed by atoms with E-state index in [1.54, 1.807) is 6.08 Å². The highest BCUT2D eigenvalue weighted by molar-refractivity contribution is 6.06. The molecule has 16 heavy (non-hydrogen) atoms. The molecular weight excluding hydrogens is 196 g/mol. The number of ketones is 1. The highest BCUT2D eigenvalue weighted by Gasteiger charge is 2.25. The molecule has 0 heterocycles. The van der Waals surface area contributed by atoms with Crippen LogP contribution in [0.5, 0.6) is 0 Å². The molecule has 1 aromatic rings. The van der Waals surface area contributed by atoms with Gasteiger partial charge in [-0.25, -0.2) is 0 Å². The predicted molar refractivity (Wildman–Crippen MR) is 64.4 cm³/mol. The van der Waals surface area contributed by atoms with Crippen LogP contribution in [0, 0.1) is 5.92 Å². The van der Waals surface area contributed by atoms with E-state index in [0.29, 0.717) is 11.8 Å². The van der Waals surface area contributed by atoms with Gasteiger partial charge in [-0.15, -0.1) is 0 Å². The van der Waals surface area contributed by atoms with Crippen molar-refractivity contribution in [3.8, 4) is 0 Å². The fourth-order valence-electron chi connectivity index (χ4n) is 2.42. The number of carbonyl (C=O) groups is 1. The predicted octanol–water partition coefficient (Wildman–Crippen LogP) is 3.26. The van der Waals surface area contributed by atoms with Crippen molar-refractivity contribution >= 4 is 5.78 Å². The summed E-state index contributed by atoms with van der Waals surface area (Å²) in [4.78, 5) is 11.9. The maximum Gasteiger partial charge on any atom is 0.185 e. The lowest BCUT2D eigenvalue weighted by molar-refractivity contribution is 0.104. The minimum atomic E-state index is 0.117. The summed E-state index contributed by atoms with van der Waals surface area (Å²) in [7, 11) is 0. The third-order valence-electron chi connectivity index (χ3n) is 3.23. The lowest BCUT2D eigenvalue weighted by Gasteiger charge is -2.21. The Kier molecular flexibility index (Phi) is 2.10. The number of hydrogen-bond acceptors (Lipinski definition) is 1. The topological polar surface area (TPSA) is 17.1 Å². The minimum absolute atomic E-state index is 0.117. The molecule has 2 aliphatic carbocycles. The molecule has 2 atom stereocenters. The number of carbonyl (C=O) groups excluding carboxylic acids is 1. The maximum atomic E-state index is 11.9. The van der Waals surface area contributed by atoms with Crippen LogP contribution in [0.2, 0.25) is 0 Å². The zero-order chi connectivity index (χ0) is 11.0. The van der Waals surface area contributed by atoms with E-state index in [4.69, 9.17) is 0 Å². The van der Waals surface area contributed by atoms with Gasteiger partial charge in [-0.1, -0.05) is 54.6 Å². The molecule has 0 spiro atoms. The highest BCUT2D eigenvalue weighted by Crippen LogP contribution is 2.35. The van der Waals surface area contributed by atoms with Crippen LogP contribution >= 0.6 is 0 Å². The number of hydrogen-bond donors (Lipinski definition) is 0. The molecule has 0 aliphatic heterocycles. The van der Waals surface area contributed by atoms with Crippen LogP contribution in [0.1, 0.15) is 21.8 Å². The van der Waals surface area contributed by atoms with Crippen LogP contribution < -0.4 is 0 Å². The van der Waals surface area contributed by atoms with Gasteiger partial charge in [0.15, 0.2) is 5.78 Å². The van der Waals surface area contributed by atoms with Crippen molar-refractivity contribution in [2.24, 2.45) is 5.92 Å². The molecule has 0 bridgehead atoms. The first-order valence-electron chi connectivity index (χ1n) is 5.53. The quantitative estimate of drug-likeness (QED) is 0.639. The second kappa shape index (κ2) is 3.60. The van der Waals surface area contributed by atoms with Crippen molar-refractivity contribution in [3.05, 3.63) is 71.8 Å². The van der Waals surface area contributed by atoms with Crippen LogP contribution in [0.25, 0.3) is 0 Å². The highest BCUT2D eigenvalue weighted by atomic mass is 16.1. The Balaban J connectivity index is 2.20. The zero-order valence-corrected chi connectivity index (χ0v) is 8.84. The van der Waals surface area contributed by atoms with E-state index in [1.807, 2.05) is 30.4 Å². The fraction of sp³-hybridized carbons (Fsp3) is 0.133. The standard InChI is InChI=1S/C15H12O/c16-15-10-9-11-5-1-2-6-12(11)13-7-3-4-8-14(13)15/h1-12H. The number of benzene rings is 1. The van der Waals surface area contributed by atoms with Crippen molar-refractivity contribution in [1.29, 1.82) is 0 Å².